The minimum Gasteiger partial charge on any atom is -0.497 e. The molecule has 1 atom stereocenters. The molecule has 28 heavy (non-hydrogen) atoms. The summed E-state index contributed by atoms with van der Waals surface area (Å²) in [6, 6.07) is 18.4. The first-order chi connectivity index (χ1) is 13.7. The summed E-state index contributed by atoms with van der Waals surface area (Å²) < 4.78 is 16.6. The molecule has 0 fully saturated rings. The Morgan fingerprint density at radius 3 is 2.75 bits per heavy atom. The van der Waals surface area contributed by atoms with E-state index in [1.54, 1.807) is 43.7 Å². The van der Waals surface area contributed by atoms with Crippen molar-refractivity contribution >= 4 is 11.5 Å². The van der Waals surface area contributed by atoms with Gasteiger partial charge in [-0.25, -0.2) is 4.99 Å². The first-order valence-electron chi connectivity index (χ1n) is 8.67. The third kappa shape index (κ3) is 3.23. The molecule has 4 rings (SSSR count). The van der Waals surface area contributed by atoms with Crippen molar-refractivity contribution in [3.8, 4) is 17.6 Å². The Labute approximate surface area is 161 Å². The largest absolute Gasteiger partial charge is 0.497 e. The number of benzene rings is 2. The highest BCUT2D eigenvalue weighted by atomic mass is 16.5. The lowest BCUT2D eigenvalue weighted by atomic mass is 10.2. The van der Waals surface area contributed by atoms with Crippen molar-refractivity contribution in [1.82, 2.24) is 0 Å². The van der Waals surface area contributed by atoms with E-state index in [9.17, 15) is 0 Å². The van der Waals surface area contributed by atoms with Crippen molar-refractivity contribution in [3.05, 3.63) is 77.2 Å². The first kappa shape index (κ1) is 17.5. The van der Waals surface area contributed by atoms with E-state index in [-0.39, 0.29) is 6.61 Å². The number of hydrogen-bond acceptors (Lipinski definition) is 7. The summed E-state index contributed by atoms with van der Waals surface area (Å²) in [5.74, 6) is 1.87. The maximum absolute atomic E-state index is 9.06. The molecule has 0 spiro atoms. The van der Waals surface area contributed by atoms with E-state index in [2.05, 4.69) is 11.1 Å². The SMILES string of the molecule is COc1ccc(N2C(N)=c3ccoc3=NC2COc2cccc(C#N)c2)cc1. The fourth-order valence-electron chi connectivity index (χ4n) is 3.07. The molecule has 2 heterocycles. The summed E-state index contributed by atoms with van der Waals surface area (Å²) in [5.41, 5.74) is 8.30. The second kappa shape index (κ2) is 7.37. The zero-order valence-electron chi connectivity index (χ0n) is 15.2. The van der Waals surface area contributed by atoms with E-state index in [1.807, 2.05) is 29.2 Å². The molecular weight excluding hydrogens is 356 g/mol. The van der Waals surface area contributed by atoms with Gasteiger partial charge in [-0.05, 0) is 48.5 Å². The van der Waals surface area contributed by atoms with Crippen LogP contribution in [0.4, 0.5) is 5.69 Å². The van der Waals surface area contributed by atoms with Crippen LogP contribution >= 0.6 is 0 Å². The molecule has 2 aromatic carbocycles. The number of nitriles is 1. The fourth-order valence-corrected chi connectivity index (χ4v) is 3.07. The third-order valence-electron chi connectivity index (χ3n) is 4.46. The number of ether oxygens (including phenoxy) is 2. The summed E-state index contributed by atoms with van der Waals surface area (Å²) in [6.45, 7) is 0.224. The van der Waals surface area contributed by atoms with Crippen LogP contribution in [0.1, 0.15) is 5.56 Å². The van der Waals surface area contributed by atoms with Gasteiger partial charge in [0.1, 0.15) is 23.9 Å². The van der Waals surface area contributed by atoms with Gasteiger partial charge in [-0.2, -0.15) is 5.26 Å². The molecule has 0 radical (unpaired) electrons. The topological polar surface area (TPSA) is 97.0 Å². The maximum atomic E-state index is 9.06. The van der Waals surface area contributed by atoms with E-state index in [1.165, 1.54) is 0 Å². The Morgan fingerprint density at radius 1 is 1.18 bits per heavy atom. The second-order valence-electron chi connectivity index (χ2n) is 6.15. The van der Waals surface area contributed by atoms with Crippen LogP contribution in [0.15, 0.2) is 70.3 Å². The van der Waals surface area contributed by atoms with Crippen molar-refractivity contribution in [2.75, 3.05) is 18.6 Å². The number of furan rings is 1. The van der Waals surface area contributed by atoms with Crippen molar-refractivity contribution < 1.29 is 13.9 Å². The second-order valence-corrected chi connectivity index (χ2v) is 6.15. The molecule has 140 valence electrons. The monoisotopic (exact) mass is 374 g/mol. The normalized spacial score (nSPS) is 15.4. The number of anilines is 1. The highest BCUT2D eigenvalue weighted by molar-refractivity contribution is 5.68. The molecule has 0 saturated carbocycles. The van der Waals surface area contributed by atoms with Gasteiger partial charge in [0, 0.05) is 5.69 Å². The third-order valence-corrected chi connectivity index (χ3v) is 4.46. The van der Waals surface area contributed by atoms with E-state index in [0.29, 0.717) is 22.7 Å². The zero-order chi connectivity index (χ0) is 19.5. The Balaban J connectivity index is 1.67. The number of nitrogens with two attached hydrogens (primary N) is 1. The van der Waals surface area contributed by atoms with Crippen LogP contribution in [0.25, 0.3) is 5.82 Å². The number of methoxy groups -OCH3 is 1. The van der Waals surface area contributed by atoms with Crippen LogP contribution in [0.2, 0.25) is 0 Å². The number of rotatable bonds is 5. The predicted octanol–water partition coefficient (Wildman–Crippen LogP) is 1.73. The smallest absolute Gasteiger partial charge is 0.227 e. The van der Waals surface area contributed by atoms with Gasteiger partial charge in [0.15, 0.2) is 6.17 Å². The van der Waals surface area contributed by atoms with Gasteiger partial charge in [0.05, 0.1) is 30.2 Å². The molecule has 3 aromatic rings. The van der Waals surface area contributed by atoms with Crippen LogP contribution in [-0.4, -0.2) is 19.9 Å². The molecule has 7 nitrogen and oxygen atoms in total. The van der Waals surface area contributed by atoms with Gasteiger partial charge in [0.25, 0.3) is 0 Å². The van der Waals surface area contributed by atoms with Crippen LogP contribution in [0.3, 0.4) is 0 Å². The van der Waals surface area contributed by atoms with E-state index < -0.39 is 6.17 Å². The molecule has 1 unspecified atom stereocenters. The molecule has 0 amide bonds. The Kier molecular flexibility index (Phi) is 4.60. The minimum atomic E-state index is -0.433. The number of hydrogen-bond donors (Lipinski definition) is 1. The van der Waals surface area contributed by atoms with Gasteiger partial charge in [-0.15, -0.1) is 0 Å². The van der Waals surface area contributed by atoms with Crippen LogP contribution in [-0.2, 0) is 0 Å². The predicted molar refractivity (Wildman–Crippen MR) is 103 cm³/mol. The molecular formula is C21H18N4O3. The van der Waals surface area contributed by atoms with Crippen molar-refractivity contribution in [3.63, 3.8) is 0 Å². The molecule has 7 heteroatoms. The van der Waals surface area contributed by atoms with Crippen LogP contribution < -0.4 is 30.9 Å². The molecule has 1 aliphatic heterocycles. The van der Waals surface area contributed by atoms with E-state index in [0.717, 1.165) is 16.7 Å². The van der Waals surface area contributed by atoms with Gasteiger partial charge in [-0.3, -0.25) is 0 Å². The number of nitrogens with zero attached hydrogens (tertiary/aromatic N) is 3. The molecule has 2 N–H and O–H groups in total. The summed E-state index contributed by atoms with van der Waals surface area (Å²) in [4.78, 5) is 6.55. The summed E-state index contributed by atoms with van der Waals surface area (Å²) >= 11 is 0. The quantitative estimate of drug-likeness (QED) is 0.730. The summed E-state index contributed by atoms with van der Waals surface area (Å²) in [5, 5.41) is 9.79. The first-order valence-corrected chi connectivity index (χ1v) is 8.67. The molecule has 0 saturated heterocycles. The molecule has 0 bridgehead atoms. The van der Waals surface area contributed by atoms with Crippen molar-refractivity contribution in [1.29, 1.82) is 5.26 Å². The number of fused-ring (bicyclic) bond motifs is 1. The van der Waals surface area contributed by atoms with E-state index >= 15 is 0 Å². The van der Waals surface area contributed by atoms with Crippen LogP contribution in [0.5, 0.6) is 11.5 Å². The van der Waals surface area contributed by atoms with Crippen molar-refractivity contribution in [2.45, 2.75) is 6.17 Å². The van der Waals surface area contributed by atoms with Crippen molar-refractivity contribution in [2.24, 2.45) is 10.7 Å². The lowest BCUT2D eigenvalue weighted by molar-refractivity contribution is 0.283. The summed E-state index contributed by atoms with van der Waals surface area (Å²) in [7, 11) is 1.62. The lowest BCUT2D eigenvalue weighted by Crippen LogP contribution is -2.49. The average Bonchev–Trinajstić information content (AvgIpc) is 3.22. The van der Waals surface area contributed by atoms with Crippen LogP contribution in [0, 0.1) is 11.3 Å². The maximum Gasteiger partial charge on any atom is 0.227 e. The van der Waals surface area contributed by atoms with Gasteiger partial charge >= 0.3 is 0 Å². The average molecular weight is 374 g/mol. The Morgan fingerprint density at radius 2 is 2.00 bits per heavy atom. The standard InChI is InChI=1S/C21H18N4O3/c1-26-16-7-5-15(6-8-16)25-19(24-21-18(20(25)23)9-10-27-21)13-28-17-4-2-3-14(11-17)12-22/h2-11,19H,13,23H2,1H3. The Bertz CT molecular complexity index is 1150. The van der Waals surface area contributed by atoms with E-state index in [4.69, 9.17) is 24.9 Å². The highest BCUT2D eigenvalue weighted by Crippen LogP contribution is 2.25. The summed E-state index contributed by atoms with van der Waals surface area (Å²) in [6.07, 6.45) is 1.13. The minimum absolute atomic E-state index is 0.224. The molecule has 1 aliphatic rings. The zero-order valence-corrected chi connectivity index (χ0v) is 15.2. The fraction of sp³-hybridized carbons (Fsp3) is 0.143. The van der Waals surface area contributed by atoms with Gasteiger partial charge in [0.2, 0.25) is 5.55 Å². The highest BCUT2D eigenvalue weighted by Gasteiger charge is 2.26. The Hall–Kier alpha value is -3.92. The van der Waals surface area contributed by atoms with Gasteiger partial charge < -0.3 is 24.5 Å². The van der Waals surface area contributed by atoms with Gasteiger partial charge in [-0.1, -0.05) is 6.07 Å². The lowest BCUT2D eigenvalue weighted by Gasteiger charge is -2.32. The molecule has 0 aliphatic carbocycles. The molecule has 1 aromatic heterocycles.